The van der Waals surface area contributed by atoms with Crippen molar-refractivity contribution in [1.29, 1.82) is 0 Å². The summed E-state index contributed by atoms with van der Waals surface area (Å²) in [6.45, 7) is 0. The van der Waals surface area contributed by atoms with E-state index in [0.717, 1.165) is 21.4 Å². The van der Waals surface area contributed by atoms with Crippen molar-refractivity contribution < 1.29 is 9.21 Å². The predicted octanol–water partition coefficient (Wildman–Crippen LogP) is 5.01. The second kappa shape index (κ2) is 6.34. The van der Waals surface area contributed by atoms with E-state index in [4.69, 9.17) is 4.42 Å². The topological polar surface area (TPSA) is 42.2 Å². The Balaban J connectivity index is 1.66. The van der Waals surface area contributed by atoms with Crippen LogP contribution in [0.5, 0.6) is 0 Å². The second-order valence-electron chi connectivity index (χ2n) is 5.48. The van der Waals surface area contributed by atoms with E-state index in [1.807, 2.05) is 72.1 Å². The first kappa shape index (κ1) is 14.7. The van der Waals surface area contributed by atoms with Gasteiger partial charge in [-0.25, -0.2) is 0 Å². The van der Waals surface area contributed by atoms with Crippen molar-refractivity contribution in [2.45, 2.75) is 6.04 Å². The number of hydrogen-bond donors (Lipinski definition) is 1. The molecule has 0 saturated carbocycles. The normalized spacial score (nSPS) is 12.2. The maximum absolute atomic E-state index is 12.7. The number of carbonyl (C=O) groups is 1. The molecule has 0 radical (unpaired) electrons. The third-order valence-corrected chi connectivity index (χ3v) is 4.82. The van der Waals surface area contributed by atoms with Gasteiger partial charge in [-0.3, -0.25) is 4.79 Å². The molecule has 2 aromatic heterocycles. The fraction of sp³-hybridized carbons (Fsp3) is 0.0500. The summed E-state index contributed by atoms with van der Waals surface area (Å²) in [5, 5.41) is 6.03. The van der Waals surface area contributed by atoms with Gasteiger partial charge in [0, 0.05) is 10.3 Å². The number of thiophene rings is 1. The number of fused-ring (bicyclic) bond motifs is 1. The lowest BCUT2D eigenvalue weighted by Crippen LogP contribution is -2.28. The molecule has 1 atom stereocenters. The molecule has 0 unspecified atom stereocenters. The van der Waals surface area contributed by atoms with Crippen molar-refractivity contribution in [1.82, 2.24) is 5.32 Å². The molecule has 0 spiro atoms. The highest BCUT2D eigenvalue weighted by molar-refractivity contribution is 7.10. The average molecular weight is 333 g/mol. The molecule has 4 heteroatoms. The zero-order valence-electron chi connectivity index (χ0n) is 12.8. The largest absolute Gasteiger partial charge is 0.451 e. The minimum absolute atomic E-state index is 0.188. The summed E-state index contributed by atoms with van der Waals surface area (Å²) >= 11 is 1.62. The monoisotopic (exact) mass is 333 g/mol. The van der Waals surface area contributed by atoms with E-state index in [0.29, 0.717) is 5.76 Å². The van der Waals surface area contributed by atoms with Crippen molar-refractivity contribution in [3.05, 3.63) is 94.4 Å². The molecule has 1 amide bonds. The Labute approximate surface area is 143 Å². The van der Waals surface area contributed by atoms with Crippen LogP contribution in [0.2, 0.25) is 0 Å². The quantitative estimate of drug-likeness (QED) is 0.570. The summed E-state index contributed by atoms with van der Waals surface area (Å²) in [5.74, 6) is 0.113. The predicted molar refractivity (Wildman–Crippen MR) is 96.3 cm³/mol. The number of benzene rings is 2. The molecule has 0 fully saturated rings. The van der Waals surface area contributed by atoms with Gasteiger partial charge < -0.3 is 9.73 Å². The zero-order chi connectivity index (χ0) is 16.4. The number of furan rings is 1. The Morgan fingerprint density at radius 2 is 1.75 bits per heavy atom. The molecule has 0 aliphatic heterocycles. The van der Waals surface area contributed by atoms with E-state index >= 15 is 0 Å². The van der Waals surface area contributed by atoms with Crippen molar-refractivity contribution in [2.75, 3.05) is 0 Å². The molecule has 118 valence electrons. The fourth-order valence-corrected chi connectivity index (χ4v) is 3.52. The average Bonchev–Trinajstić information content (AvgIpc) is 3.29. The fourth-order valence-electron chi connectivity index (χ4n) is 2.72. The molecular formula is C20H15NO2S. The molecule has 4 aromatic rings. The van der Waals surface area contributed by atoms with Crippen LogP contribution in [0, 0.1) is 0 Å². The van der Waals surface area contributed by atoms with E-state index in [1.165, 1.54) is 0 Å². The summed E-state index contributed by atoms with van der Waals surface area (Å²) in [5.41, 5.74) is 1.76. The number of rotatable bonds is 4. The summed E-state index contributed by atoms with van der Waals surface area (Å²) in [7, 11) is 0. The van der Waals surface area contributed by atoms with E-state index in [-0.39, 0.29) is 11.9 Å². The van der Waals surface area contributed by atoms with Gasteiger partial charge in [0.2, 0.25) is 0 Å². The van der Waals surface area contributed by atoms with Crippen molar-refractivity contribution in [2.24, 2.45) is 0 Å². The van der Waals surface area contributed by atoms with Crippen LogP contribution in [0.3, 0.4) is 0 Å². The van der Waals surface area contributed by atoms with E-state index in [1.54, 1.807) is 17.4 Å². The second-order valence-corrected chi connectivity index (χ2v) is 6.46. The van der Waals surface area contributed by atoms with Gasteiger partial charge in [0.15, 0.2) is 5.76 Å². The summed E-state index contributed by atoms with van der Waals surface area (Å²) in [4.78, 5) is 13.8. The molecule has 24 heavy (non-hydrogen) atoms. The summed E-state index contributed by atoms with van der Waals surface area (Å²) in [6, 6.07) is 23.2. The molecule has 3 nitrogen and oxygen atoms in total. The highest BCUT2D eigenvalue weighted by Gasteiger charge is 2.20. The maximum Gasteiger partial charge on any atom is 0.287 e. The third-order valence-electron chi connectivity index (χ3n) is 3.89. The standard InChI is InChI=1S/C20H15NO2S/c22-20(17-13-15-9-4-5-10-16(15)23-17)21-19(18-11-6-12-24-18)14-7-2-1-3-8-14/h1-13,19H,(H,21,22)/t19-/m0/s1. The van der Waals surface area contributed by atoms with Gasteiger partial charge >= 0.3 is 0 Å². The van der Waals surface area contributed by atoms with Gasteiger partial charge in [-0.05, 0) is 29.1 Å². The Morgan fingerprint density at radius 1 is 0.958 bits per heavy atom. The Bertz CT molecular complexity index is 925. The van der Waals surface area contributed by atoms with Gasteiger partial charge in [0.05, 0.1) is 6.04 Å². The minimum atomic E-state index is -0.214. The molecule has 2 heterocycles. The highest BCUT2D eigenvalue weighted by Crippen LogP contribution is 2.27. The first-order valence-corrected chi connectivity index (χ1v) is 8.57. The van der Waals surface area contributed by atoms with Gasteiger partial charge in [-0.2, -0.15) is 0 Å². The SMILES string of the molecule is O=C(N[C@@H](c1ccccc1)c1cccs1)c1cc2ccccc2o1. The van der Waals surface area contributed by atoms with Crippen LogP contribution in [0.25, 0.3) is 11.0 Å². The number of hydrogen-bond acceptors (Lipinski definition) is 3. The van der Waals surface area contributed by atoms with Crippen LogP contribution >= 0.6 is 11.3 Å². The molecule has 1 N–H and O–H groups in total. The van der Waals surface area contributed by atoms with Crippen LogP contribution in [-0.2, 0) is 0 Å². The third kappa shape index (κ3) is 2.84. The Kier molecular flexibility index (Phi) is 3.89. The molecule has 4 rings (SSSR count). The maximum atomic E-state index is 12.7. The lowest BCUT2D eigenvalue weighted by molar-refractivity contribution is 0.0918. The number of carbonyl (C=O) groups excluding carboxylic acids is 1. The Morgan fingerprint density at radius 3 is 2.50 bits per heavy atom. The van der Waals surface area contributed by atoms with Crippen molar-refractivity contribution in [3.63, 3.8) is 0 Å². The molecule has 0 saturated heterocycles. The van der Waals surface area contributed by atoms with Gasteiger partial charge in [0.1, 0.15) is 5.58 Å². The van der Waals surface area contributed by atoms with Crippen molar-refractivity contribution >= 4 is 28.2 Å². The smallest absolute Gasteiger partial charge is 0.287 e. The molecular weight excluding hydrogens is 318 g/mol. The number of nitrogens with one attached hydrogen (secondary N) is 1. The van der Waals surface area contributed by atoms with E-state index in [9.17, 15) is 4.79 Å². The van der Waals surface area contributed by atoms with Gasteiger partial charge in [0.25, 0.3) is 5.91 Å². The summed E-state index contributed by atoms with van der Waals surface area (Å²) < 4.78 is 5.68. The van der Waals surface area contributed by atoms with Gasteiger partial charge in [-0.1, -0.05) is 54.6 Å². The number of amides is 1. The first-order chi connectivity index (χ1) is 11.8. The zero-order valence-corrected chi connectivity index (χ0v) is 13.6. The van der Waals surface area contributed by atoms with E-state index < -0.39 is 0 Å². The highest BCUT2D eigenvalue weighted by atomic mass is 32.1. The van der Waals surface area contributed by atoms with Crippen molar-refractivity contribution in [3.8, 4) is 0 Å². The van der Waals surface area contributed by atoms with Crippen LogP contribution in [0.1, 0.15) is 27.0 Å². The van der Waals surface area contributed by atoms with Crippen LogP contribution < -0.4 is 5.32 Å². The molecule has 0 aliphatic rings. The van der Waals surface area contributed by atoms with Crippen LogP contribution in [0.15, 0.2) is 82.6 Å². The van der Waals surface area contributed by atoms with Crippen LogP contribution in [0.4, 0.5) is 0 Å². The Hall–Kier alpha value is -2.85. The molecule has 0 bridgehead atoms. The minimum Gasteiger partial charge on any atom is -0.451 e. The lowest BCUT2D eigenvalue weighted by atomic mass is 10.1. The van der Waals surface area contributed by atoms with Crippen LogP contribution in [-0.4, -0.2) is 5.91 Å². The summed E-state index contributed by atoms with van der Waals surface area (Å²) in [6.07, 6.45) is 0. The first-order valence-electron chi connectivity index (χ1n) is 7.69. The molecule has 0 aliphatic carbocycles. The lowest BCUT2D eigenvalue weighted by Gasteiger charge is -2.17. The van der Waals surface area contributed by atoms with Gasteiger partial charge in [-0.15, -0.1) is 11.3 Å². The van der Waals surface area contributed by atoms with E-state index in [2.05, 4.69) is 5.32 Å². The number of para-hydroxylation sites is 1. The molecule has 2 aromatic carbocycles.